The topological polar surface area (TPSA) is 29.5 Å². The molecule has 74 valence electrons. The maximum absolute atomic E-state index is 9.43. The second-order valence-electron chi connectivity index (χ2n) is 2.77. The zero-order valence-electron chi connectivity index (χ0n) is 8.08. The molecule has 0 bridgehead atoms. The van der Waals surface area contributed by atoms with Crippen molar-refractivity contribution in [3.05, 3.63) is 0 Å². The monoisotopic (exact) mass is 192 g/mol. The summed E-state index contributed by atoms with van der Waals surface area (Å²) in [6.07, 6.45) is 2.63. The number of methoxy groups -OCH3 is 1. The minimum atomic E-state index is -0.126. The Bertz CT molecular complexity index is 78.6. The van der Waals surface area contributed by atoms with E-state index in [1.807, 2.05) is 11.8 Å². The molecule has 1 unspecified atom stereocenters. The molecule has 0 radical (unpaired) electrons. The fourth-order valence-corrected chi connectivity index (χ4v) is 1.70. The van der Waals surface area contributed by atoms with Crippen LogP contribution in [0.5, 0.6) is 0 Å². The van der Waals surface area contributed by atoms with Crippen LogP contribution in [0.15, 0.2) is 0 Å². The number of hydrogen-bond donors (Lipinski definition) is 1. The van der Waals surface area contributed by atoms with Crippen molar-refractivity contribution in [2.24, 2.45) is 0 Å². The molecule has 3 heteroatoms. The first-order chi connectivity index (χ1) is 5.81. The van der Waals surface area contributed by atoms with Gasteiger partial charge in [0, 0.05) is 13.7 Å². The quantitative estimate of drug-likeness (QED) is 0.596. The summed E-state index contributed by atoms with van der Waals surface area (Å²) in [5.74, 6) is 2.22. The highest BCUT2D eigenvalue weighted by Gasteiger charge is 2.02. The van der Waals surface area contributed by atoms with E-state index in [2.05, 4.69) is 6.92 Å². The van der Waals surface area contributed by atoms with Gasteiger partial charge in [-0.3, -0.25) is 0 Å². The zero-order valence-corrected chi connectivity index (χ0v) is 8.90. The van der Waals surface area contributed by atoms with E-state index in [0.717, 1.165) is 37.4 Å². The number of rotatable bonds is 8. The third kappa shape index (κ3) is 8.37. The van der Waals surface area contributed by atoms with Gasteiger partial charge in [0.05, 0.1) is 6.10 Å². The molecule has 1 atom stereocenters. The van der Waals surface area contributed by atoms with Crippen LogP contribution in [-0.2, 0) is 4.74 Å². The van der Waals surface area contributed by atoms with Gasteiger partial charge in [-0.2, -0.15) is 11.8 Å². The van der Waals surface area contributed by atoms with Crippen LogP contribution in [0.25, 0.3) is 0 Å². The molecule has 0 aliphatic rings. The standard InChI is InChI=1S/C9H20O2S/c1-3-12-8-6-9(10)5-4-7-11-2/h9-10H,3-8H2,1-2H3. The van der Waals surface area contributed by atoms with Gasteiger partial charge in [0.15, 0.2) is 0 Å². The first-order valence-corrected chi connectivity index (χ1v) is 5.71. The van der Waals surface area contributed by atoms with Gasteiger partial charge in [0.25, 0.3) is 0 Å². The van der Waals surface area contributed by atoms with Crippen LogP contribution in [0.3, 0.4) is 0 Å². The Morgan fingerprint density at radius 1 is 1.42 bits per heavy atom. The van der Waals surface area contributed by atoms with E-state index in [1.54, 1.807) is 7.11 Å². The highest BCUT2D eigenvalue weighted by atomic mass is 32.2. The molecule has 0 aliphatic carbocycles. The van der Waals surface area contributed by atoms with E-state index < -0.39 is 0 Å². The Hall–Kier alpha value is 0.270. The van der Waals surface area contributed by atoms with Gasteiger partial charge in [-0.1, -0.05) is 6.92 Å². The predicted molar refractivity (Wildman–Crippen MR) is 54.7 cm³/mol. The molecule has 0 aromatic rings. The molecule has 0 aromatic heterocycles. The molecule has 0 amide bonds. The Kier molecular flexibility index (Phi) is 9.57. The smallest absolute Gasteiger partial charge is 0.0549 e. The van der Waals surface area contributed by atoms with Gasteiger partial charge >= 0.3 is 0 Å². The lowest BCUT2D eigenvalue weighted by Gasteiger charge is -2.08. The number of ether oxygens (including phenoxy) is 1. The summed E-state index contributed by atoms with van der Waals surface area (Å²) in [5, 5.41) is 9.43. The number of aliphatic hydroxyl groups excluding tert-OH is 1. The molecule has 0 saturated heterocycles. The van der Waals surface area contributed by atoms with Gasteiger partial charge in [0.2, 0.25) is 0 Å². The normalized spacial score (nSPS) is 13.2. The summed E-state index contributed by atoms with van der Waals surface area (Å²) in [4.78, 5) is 0. The average Bonchev–Trinajstić information content (AvgIpc) is 2.06. The maximum Gasteiger partial charge on any atom is 0.0549 e. The second kappa shape index (κ2) is 9.36. The van der Waals surface area contributed by atoms with Crippen LogP contribution in [0.1, 0.15) is 26.2 Å². The molecule has 2 nitrogen and oxygen atoms in total. The second-order valence-corrected chi connectivity index (χ2v) is 4.17. The van der Waals surface area contributed by atoms with Crippen LogP contribution in [-0.4, -0.2) is 36.4 Å². The van der Waals surface area contributed by atoms with Gasteiger partial charge < -0.3 is 9.84 Å². The molecule has 0 aromatic carbocycles. The van der Waals surface area contributed by atoms with Gasteiger partial charge in [-0.15, -0.1) is 0 Å². The van der Waals surface area contributed by atoms with E-state index in [4.69, 9.17) is 4.74 Å². The van der Waals surface area contributed by atoms with Gasteiger partial charge in [0.1, 0.15) is 0 Å². The minimum absolute atomic E-state index is 0.126. The van der Waals surface area contributed by atoms with E-state index >= 15 is 0 Å². The lowest BCUT2D eigenvalue weighted by molar-refractivity contribution is 0.133. The Balaban J connectivity index is 3.04. The summed E-state index contributed by atoms with van der Waals surface area (Å²) in [7, 11) is 1.69. The van der Waals surface area contributed by atoms with Crippen molar-refractivity contribution >= 4 is 11.8 Å². The third-order valence-corrected chi connectivity index (χ3v) is 2.62. The third-order valence-electron chi connectivity index (χ3n) is 1.69. The van der Waals surface area contributed by atoms with Crippen molar-refractivity contribution in [3.8, 4) is 0 Å². The Labute approximate surface area is 79.7 Å². The average molecular weight is 192 g/mol. The van der Waals surface area contributed by atoms with Crippen molar-refractivity contribution in [1.82, 2.24) is 0 Å². The van der Waals surface area contributed by atoms with Crippen molar-refractivity contribution < 1.29 is 9.84 Å². The molecule has 12 heavy (non-hydrogen) atoms. The van der Waals surface area contributed by atoms with Crippen LogP contribution in [0, 0.1) is 0 Å². The van der Waals surface area contributed by atoms with Crippen LogP contribution in [0.4, 0.5) is 0 Å². The molecule has 0 aliphatic heterocycles. The predicted octanol–water partition coefficient (Wildman–Crippen LogP) is 1.92. The van der Waals surface area contributed by atoms with Crippen LogP contribution < -0.4 is 0 Å². The molecule has 0 saturated carbocycles. The molecule has 1 N–H and O–H groups in total. The highest BCUT2D eigenvalue weighted by molar-refractivity contribution is 7.99. The molecular weight excluding hydrogens is 172 g/mol. The Morgan fingerprint density at radius 2 is 2.17 bits per heavy atom. The summed E-state index contributed by atoms with van der Waals surface area (Å²) in [6.45, 7) is 2.90. The molecular formula is C9H20O2S. The SMILES string of the molecule is CCSCCC(O)CCCOC. The molecule has 0 fully saturated rings. The van der Waals surface area contributed by atoms with E-state index in [9.17, 15) is 5.11 Å². The fourth-order valence-electron chi connectivity index (χ4n) is 0.971. The lowest BCUT2D eigenvalue weighted by atomic mass is 10.1. The Morgan fingerprint density at radius 3 is 2.75 bits per heavy atom. The summed E-state index contributed by atoms with van der Waals surface area (Å²) < 4.78 is 4.90. The summed E-state index contributed by atoms with van der Waals surface area (Å²) >= 11 is 1.88. The maximum atomic E-state index is 9.43. The van der Waals surface area contributed by atoms with Crippen molar-refractivity contribution in [2.75, 3.05) is 25.2 Å². The number of aliphatic hydroxyl groups is 1. The largest absolute Gasteiger partial charge is 0.393 e. The minimum Gasteiger partial charge on any atom is -0.393 e. The van der Waals surface area contributed by atoms with Crippen molar-refractivity contribution in [1.29, 1.82) is 0 Å². The summed E-state index contributed by atoms with van der Waals surface area (Å²) in [6, 6.07) is 0. The van der Waals surface area contributed by atoms with Crippen molar-refractivity contribution in [2.45, 2.75) is 32.3 Å². The highest BCUT2D eigenvalue weighted by Crippen LogP contribution is 2.07. The lowest BCUT2D eigenvalue weighted by Crippen LogP contribution is -2.08. The molecule has 0 spiro atoms. The van der Waals surface area contributed by atoms with E-state index in [1.165, 1.54) is 0 Å². The fraction of sp³-hybridized carbons (Fsp3) is 1.00. The number of hydrogen-bond acceptors (Lipinski definition) is 3. The van der Waals surface area contributed by atoms with E-state index in [-0.39, 0.29) is 6.10 Å². The molecule has 0 heterocycles. The summed E-state index contributed by atoms with van der Waals surface area (Å²) in [5.41, 5.74) is 0. The zero-order chi connectivity index (χ0) is 9.23. The first kappa shape index (κ1) is 12.3. The van der Waals surface area contributed by atoms with Gasteiger partial charge in [-0.05, 0) is 30.8 Å². The number of thioether (sulfide) groups is 1. The molecule has 0 rings (SSSR count). The van der Waals surface area contributed by atoms with Gasteiger partial charge in [-0.25, -0.2) is 0 Å². The van der Waals surface area contributed by atoms with E-state index in [0.29, 0.717) is 0 Å². The van der Waals surface area contributed by atoms with Crippen LogP contribution in [0.2, 0.25) is 0 Å². The van der Waals surface area contributed by atoms with Crippen molar-refractivity contribution in [3.63, 3.8) is 0 Å². The van der Waals surface area contributed by atoms with Crippen LogP contribution >= 0.6 is 11.8 Å². The first-order valence-electron chi connectivity index (χ1n) is 4.56.